The quantitative estimate of drug-likeness (QED) is 0.533. The van der Waals surface area contributed by atoms with E-state index < -0.39 is 23.6 Å². The highest BCUT2D eigenvalue weighted by Crippen LogP contribution is 2.34. The zero-order valence-corrected chi connectivity index (χ0v) is 19.1. The second kappa shape index (κ2) is 10.9. The largest absolute Gasteiger partial charge is 0.483 e. The van der Waals surface area contributed by atoms with Crippen molar-refractivity contribution in [1.29, 1.82) is 0 Å². The Bertz CT molecular complexity index is 873. The second-order valence-electron chi connectivity index (χ2n) is 8.93. The molecule has 0 saturated carbocycles. The standard InChI is InChI=1S/C26H34O6/c1-4-22(27)24(18-10-6-5-7-11-18)32-19-13-14-20(25(28)29)21(16-19)26(2,3)17-31-23-12-8-9-15-30-23/h5-7,10-11,13-14,16,22-24,27H,4,8-9,12,15,17H2,1-3H3,(H,28,29). The predicted molar refractivity (Wildman–Crippen MR) is 122 cm³/mol. The number of carboxylic acid groups (broad SMARTS) is 1. The Morgan fingerprint density at radius 2 is 1.94 bits per heavy atom. The monoisotopic (exact) mass is 442 g/mol. The van der Waals surface area contributed by atoms with Crippen LogP contribution in [-0.2, 0) is 14.9 Å². The summed E-state index contributed by atoms with van der Waals surface area (Å²) in [6.45, 7) is 6.82. The summed E-state index contributed by atoms with van der Waals surface area (Å²) >= 11 is 0. The van der Waals surface area contributed by atoms with Gasteiger partial charge in [-0.05, 0) is 55.0 Å². The summed E-state index contributed by atoms with van der Waals surface area (Å²) in [4.78, 5) is 11.9. The summed E-state index contributed by atoms with van der Waals surface area (Å²) in [5.41, 5.74) is 1.11. The number of aromatic carboxylic acids is 1. The number of benzene rings is 2. The van der Waals surface area contributed by atoms with Gasteiger partial charge < -0.3 is 24.4 Å². The zero-order valence-electron chi connectivity index (χ0n) is 19.1. The molecule has 1 aliphatic heterocycles. The van der Waals surface area contributed by atoms with E-state index in [-0.39, 0.29) is 11.9 Å². The van der Waals surface area contributed by atoms with Crippen LogP contribution in [-0.4, -0.2) is 41.8 Å². The van der Waals surface area contributed by atoms with Crippen LogP contribution in [0.3, 0.4) is 0 Å². The minimum absolute atomic E-state index is 0.211. The Morgan fingerprint density at radius 3 is 2.56 bits per heavy atom. The first-order valence-corrected chi connectivity index (χ1v) is 11.3. The van der Waals surface area contributed by atoms with Crippen LogP contribution >= 0.6 is 0 Å². The molecule has 0 radical (unpaired) electrons. The van der Waals surface area contributed by atoms with E-state index in [4.69, 9.17) is 14.2 Å². The molecule has 2 aromatic carbocycles. The third kappa shape index (κ3) is 6.09. The Kier molecular flexibility index (Phi) is 8.29. The molecule has 1 heterocycles. The molecule has 3 rings (SSSR count). The summed E-state index contributed by atoms with van der Waals surface area (Å²) in [7, 11) is 0. The van der Waals surface area contributed by atoms with Crippen LogP contribution in [0.15, 0.2) is 48.5 Å². The van der Waals surface area contributed by atoms with Gasteiger partial charge in [0.05, 0.1) is 18.3 Å². The average Bonchev–Trinajstić information content (AvgIpc) is 2.82. The topological polar surface area (TPSA) is 85.2 Å². The molecule has 6 heteroatoms. The summed E-state index contributed by atoms with van der Waals surface area (Å²) in [6.07, 6.45) is 1.98. The number of carbonyl (C=O) groups is 1. The fourth-order valence-electron chi connectivity index (χ4n) is 3.94. The fourth-order valence-corrected chi connectivity index (χ4v) is 3.94. The number of hydrogen-bond acceptors (Lipinski definition) is 5. The summed E-state index contributed by atoms with van der Waals surface area (Å²) in [5.74, 6) is -0.491. The van der Waals surface area contributed by atoms with Gasteiger partial charge in [-0.3, -0.25) is 0 Å². The number of ether oxygens (including phenoxy) is 3. The maximum Gasteiger partial charge on any atom is 0.335 e. The van der Waals surface area contributed by atoms with Gasteiger partial charge in [0.1, 0.15) is 11.9 Å². The van der Waals surface area contributed by atoms with Crippen LogP contribution in [0.4, 0.5) is 0 Å². The maximum atomic E-state index is 11.9. The SMILES string of the molecule is CCC(O)C(Oc1ccc(C(=O)O)c(C(C)(C)COC2CCCCO2)c1)c1ccccc1. The van der Waals surface area contributed by atoms with Gasteiger partial charge >= 0.3 is 5.97 Å². The molecule has 1 saturated heterocycles. The van der Waals surface area contributed by atoms with Gasteiger partial charge in [0.15, 0.2) is 6.29 Å². The lowest BCUT2D eigenvalue weighted by Crippen LogP contribution is -2.32. The number of aliphatic hydroxyl groups excluding tert-OH is 1. The molecule has 6 nitrogen and oxygen atoms in total. The van der Waals surface area contributed by atoms with Crippen LogP contribution in [0, 0.1) is 0 Å². The summed E-state index contributed by atoms with van der Waals surface area (Å²) < 4.78 is 17.9. The van der Waals surface area contributed by atoms with Crippen LogP contribution < -0.4 is 4.74 Å². The maximum absolute atomic E-state index is 11.9. The fraction of sp³-hybridized carbons (Fsp3) is 0.500. The van der Waals surface area contributed by atoms with Gasteiger partial charge in [-0.2, -0.15) is 0 Å². The molecule has 0 aromatic heterocycles. The molecule has 2 N–H and O–H groups in total. The first-order chi connectivity index (χ1) is 15.3. The number of carboxylic acids is 1. The Morgan fingerprint density at radius 1 is 1.19 bits per heavy atom. The molecule has 2 aromatic rings. The van der Waals surface area contributed by atoms with E-state index in [1.807, 2.05) is 51.1 Å². The van der Waals surface area contributed by atoms with Gasteiger partial charge in [-0.1, -0.05) is 51.1 Å². The molecular formula is C26H34O6. The van der Waals surface area contributed by atoms with Crippen molar-refractivity contribution in [2.24, 2.45) is 0 Å². The van der Waals surface area contributed by atoms with Gasteiger partial charge in [0.25, 0.3) is 0 Å². The zero-order chi connectivity index (χ0) is 23.1. The van der Waals surface area contributed by atoms with Crippen molar-refractivity contribution >= 4 is 5.97 Å². The van der Waals surface area contributed by atoms with Crippen molar-refractivity contribution in [1.82, 2.24) is 0 Å². The van der Waals surface area contributed by atoms with E-state index in [9.17, 15) is 15.0 Å². The Labute approximate surface area is 190 Å². The van der Waals surface area contributed by atoms with Crippen molar-refractivity contribution < 1.29 is 29.2 Å². The highest BCUT2D eigenvalue weighted by Gasteiger charge is 2.30. The van der Waals surface area contributed by atoms with Crippen LogP contribution in [0.2, 0.25) is 0 Å². The van der Waals surface area contributed by atoms with Gasteiger partial charge in [0, 0.05) is 12.0 Å². The van der Waals surface area contributed by atoms with E-state index in [0.29, 0.717) is 30.9 Å². The molecular weight excluding hydrogens is 408 g/mol. The first kappa shape index (κ1) is 24.2. The lowest BCUT2D eigenvalue weighted by Gasteiger charge is -2.31. The van der Waals surface area contributed by atoms with Crippen LogP contribution in [0.25, 0.3) is 0 Å². The highest BCUT2D eigenvalue weighted by molar-refractivity contribution is 5.90. The predicted octanol–water partition coefficient (Wildman–Crippen LogP) is 5.10. The molecule has 3 atom stereocenters. The molecule has 32 heavy (non-hydrogen) atoms. The van der Waals surface area contributed by atoms with Crippen LogP contribution in [0.1, 0.15) is 74.0 Å². The molecule has 0 amide bonds. The second-order valence-corrected chi connectivity index (χ2v) is 8.93. The smallest absolute Gasteiger partial charge is 0.335 e. The lowest BCUT2D eigenvalue weighted by molar-refractivity contribution is -0.170. The molecule has 0 spiro atoms. The average molecular weight is 443 g/mol. The highest BCUT2D eigenvalue weighted by atomic mass is 16.7. The van der Waals surface area contributed by atoms with E-state index in [1.54, 1.807) is 18.2 Å². The minimum atomic E-state index is -0.998. The van der Waals surface area contributed by atoms with Crippen LogP contribution in [0.5, 0.6) is 5.75 Å². The van der Waals surface area contributed by atoms with Gasteiger partial charge in [0.2, 0.25) is 0 Å². The first-order valence-electron chi connectivity index (χ1n) is 11.3. The molecule has 174 valence electrons. The van der Waals surface area contributed by atoms with Gasteiger partial charge in [-0.15, -0.1) is 0 Å². The van der Waals surface area contributed by atoms with E-state index >= 15 is 0 Å². The number of rotatable bonds is 10. The number of hydrogen-bond donors (Lipinski definition) is 2. The Hall–Kier alpha value is -2.41. The molecule has 1 fully saturated rings. The van der Waals surface area contributed by atoms with Crippen molar-refractivity contribution in [2.75, 3.05) is 13.2 Å². The Balaban J connectivity index is 1.86. The van der Waals surface area contributed by atoms with Gasteiger partial charge in [-0.25, -0.2) is 4.79 Å². The van der Waals surface area contributed by atoms with Crippen molar-refractivity contribution in [3.63, 3.8) is 0 Å². The van der Waals surface area contributed by atoms with E-state index in [2.05, 4.69) is 0 Å². The normalized spacial score (nSPS) is 18.7. The molecule has 0 aliphatic carbocycles. The van der Waals surface area contributed by atoms with E-state index in [0.717, 1.165) is 24.8 Å². The molecule has 3 unspecified atom stereocenters. The molecule has 0 bridgehead atoms. The number of aliphatic hydroxyl groups is 1. The third-order valence-electron chi connectivity index (χ3n) is 5.88. The molecule has 1 aliphatic rings. The van der Waals surface area contributed by atoms with Crippen molar-refractivity contribution in [2.45, 2.75) is 70.4 Å². The lowest BCUT2D eigenvalue weighted by atomic mass is 9.82. The summed E-state index contributed by atoms with van der Waals surface area (Å²) in [5, 5.41) is 20.4. The van der Waals surface area contributed by atoms with Crippen molar-refractivity contribution in [3.05, 3.63) is 65.2 Å². The van der Waals surface area contributed by atoms with Crippen molar-refractivity contribution in [3.8, 4) is 5.75 Å². The third-order valence-corrected chi connectivity index (χ3v) is 5.88. The van der Waals surface area contributed by atoms with E-state index in [1.165, 1.54) is 0 Å². The summed E-state index contributed by atoms with van der Waals surface area (Å²) in [6, 6.07) is 14.5. The minimum Gasteiger partial charge on any atom is -0.483 e.